The average molecular weight is 480 g/mol. The molecule has 0 unspecified atom stereocenters. The smallest absolute Gasteiger partial charge is 0.307 e. The number of esters is 1. The molecule has 0 saturated heterocycles. The van der Waals surface area contributed by atoms with Gasteiger partial charge >= 0.3 is 5.97 Å². The fourth-order valence-electron chi connectivity index (χ4n) is 3.16. The molecular formula is C23H27ClFN3O5. The van der Waals surface area contributed by atoms with Crippen LogP contribution >= 0.6 is 11.6 Å². The number of nitro groups is 1. The Morgan fingerprint density at radius 2 is 1.94 bits per heavy atom. The van der Waals surface area contributed by atoms with Crippen LogP contribution in [0.25, 0.3) is 0 Å². The second-order valence-electron chi connectivity index (χ2n) is 7.23. The van der Waals surface area contributed by atoms with Crippen molar-refractivity contribution < 1.29 is 23.6 Å². The fourth-order valence-corrected chi connectivity index (χ4v) is 3.33. The van der Waals surface area contributed by atoms with Gasteiger partial charge in [0.15, 0.2) is 0 Å². The van der Waals surface area contributed by atoms with E-state index >= 15 is 0 Å². The third-order valence-corrected chi connectivity index (χ3v) is 5.13. The van der Waals surface area contributed by atoms with Crippen LogP contribution in [0.15, 0.2) is 36.4 Å². The molecule has 0 saturated carbocycles. The average Bonchev–Trinajstić information content (AvgIpc) is 2.79. The zero-order valence-corrected chi connectivity index (χ0v) is 19.4. The van der Waals surface area contributed by atoms with Crippen LogP contribution in [0, 0.1) is 15.9 Å². The van der Waals surface area contributed by atoms with Gasteiger partial charge in [-0.05, 0) is 43.7 Å². The molecule has 0 aromatic heterocycles. The van der Waals surface area contributed by atoms with E-state index < -0.39 is 22.6 Å². The molecule has 2 rings (SSSR count). The quantitative estimate of drug-likeness (QED) is 0.184. The number of rotatable bonds is 12. The summed E-state index contributed by atoms with van der Waals surface area (Å²) in [6.45, 7) is 4.41. The van der Waals surface area contributed by atoms with Crippen LogP contribution in [-0.2, 0) is 9.53 Å². The van der Waals surface area contributed by atoms with E-state index in [9.17, 15) is 24.1 Å². The molecule has 0 aliphatic carbocycles. The second-order valence-corrected chi connectivity index (χ2v) is 7.64. The second kappa shape index (κ2) is 12.7. The van der Waals surface area contributed by atoms with E-state index in [4.69, 9.17) is 16.3 Å². The lowest BCUT2D eigenvalue weighted by Gasteiger charge is -2.23. The van der Waals surface area contributed by atoms with Crippen LogP contribution in [0.1, 0.15) is 49.9 Å². The minimum atomic E-state index is -0.660. The highest BCUT2D eigenvalue weighted by atomic mass is 35.5. The Hall–Kier alpha value is -3.20. The summed E-state index contributed by atoms with van der Waals surface area (Å²) in [6, 6.07) is 7.86. The number of carbonyl (C=O) groups is 2. The highest BCUT2D eigenvalue weighted by Crippen LogP contribution is 2.29. The van der Waals surface area contributed by atoms with Gasteiger partial charge in [-0.25, -0.2) is 4.39 Å². The van der Waals surface area contributed by atoms with Crippen LogP contribution in [0.5, 0.6) is 0 Å². The Bertz CT molecular complexity index is 1000. The summed E-state index contributed by atoms with van der Waals surface area (Å²) < 4.78 is 18.6. The maximum atomic E-state index is 13.6. The number of nitrogens with one attached hydrogen (secondary N) is 1. The summed E-state index contributed by atoms with van der Waals surface area (Å²) in [5.74, 6) is -1.77. The number of hydrogen-bond donors (Lipinski definition) is 1. The fraction of sp³-hybridized carbons (Fsp3) is 0.391. The lowest BCUT2D eigenvalue weighted by Crippen LogP contribution is -2.33. The van der Waals surface area contributed by atoms with Gasteiger partial charge in [-0.3, -0.25) is 19.7 Å². The number of halogens is 2. The molecule has 0 heterocycles. The number of amides is 1. The molecule has 0 atom stereocenters. The predicted molar refractivity (Wildman–Crippen MR) is 125 cm³/mol. The van der Waals surface area contributed by atoms with Gasteiger partial charge in [-0.1, -0.05) is 31.4 Å². The Kier molecular flexibility index (Phi) is 10.1. The van der Waals surface area contributed by atoms with E-state index in [0.29, 0.717) is 12.2 Å². The van der Waals surface area contributed by atoms with Crippen molar-refractivity contribution in [1.29, 1.82) is 0 Å². The molecule has 0 bridgehead atoms. The van der Waals surface area contributed by atoms with Crippen molar-refractivity contribution in [3.05, 3.63) is 62.9 Å². The SMILES string of the molecule is CCCCCNc1ccc(C(=O)N(CCC(=O)OCC)c2ccc(F)c(Cl)c2)cc1[N+](=O)[O-]. The molecule has 0 fully saturated rings. The van der Waals surface area contributed by atoms with Crippen molar-refractivity contribution in [2.24, 2.45) is 0 Å². The molecule has 2 aromatic rings. The summed E-state index contributed by atoms with van der Waals surface area (Å²) in [7, 11) is 0. The molecule has 0 radical (unpaired) electrons. The summed E-state index contributed by atoms with van der Waals surface area (Å²) in [4.78, 5) is 37.4. The largest absolute Gasteiger partial charge is 0.466 e. The van der Waals surface area contributed by atoms with Gasteiger partial charge in [-0.15, -0.1) is 0 Å². The molecule has 178 valence electrons. The summed E-state index contributed by atoms with van der Waals surface area (Å²) in [5, 5.41) is 14.5. The number of carbonyl (C=O) groups excluding carboxylic acids is 2. The first-order valence-electron chi connectivity index (χ1n) is 10.7. The minimum absolute atomic E-state index is 0.0464. The molecule has 8 nitrogen and oxygen atoms in total. The Morgan fingerprint density at radius 3 is 2.58 bits per heavy atom. The highest BCUT2D eigenvalue weighted by Gasteiger charge is 2.24. The van der Waals surface area contributed by atoms with Crippen LogP contribution in [0.3, 0.4) is 0 Å². The number of nitro benzene ring substituents is 1. The molecular weight excluding hydrogens is 453 g/mol. The van der Waals surface area contributed by atoms with E-state index in [1.165, 1.54) is 35.2 Å². The normalized spacial score (nSPS) is 10.5. The van der Waals surface area contributed by atoms with Crippen molar-refractivity contribution in [3.63, 3.8) is 0 Å². The monoisotopic (exact) mass is 479 g/mol. The number of hydrogen-bond acceptors (Lipinski definition) is 6. The maximum Gasteiger partial charge on any atom is 0.307 e. The number of anilines is 2. The predicted octanol–water partition coefficient (Wildman–Crippen LogP) is 5.59. The number of ether oxygens (including phenoxy) is 1. The Morgan fingerprint density at radius 1 is 1.18 bits per heavy atom. The van der Waals surface area contributed by atoms with E-state index in [2.05, 4.69) is 12.2 Å². The first-order chi connectivity index (χ1) is 15.8. The number of benzene rings is 2. The Balaban J connectivity index is 2.35. The van der Waals surface area contributed by atoms with Gasteiger partial charge in [-0.2, -0.15) is 0 Å². The van der Waals surface area contributed by atoms with E-state index in [0.717, 1.165) is 25.3 Å². The first-order valence-corrected chi connectivity index (χ1v) is 11.1. The Labute approximate surface area is 196 Å². The minimum Gasteiger partial charge on any atom is -0.466 e. The molecule has 1 N–H and O–H groups in total. The molecule has 0 aliphatic heterocycles. The molecule has 0 aliphatic rings. The topological polar surface area (TPSA) is 102 Å². The lowest BCUT2D eigenvalue weighted by molar-refractivity contribution is -0.384. The zero-order valence-electron chi connectivity index (χ0n) is 18.6. The van der Waals surface area contributed by atoms with Gasteiger partial charge in [0.2, 0.25) is 0 Å². The third-order valence-electron chi connectivity index (χ3n) is 4.84. The van der Waals surface area contributed by atoms with Gasteiger partial charge in [0.05, 0.1) is 23.0 Å². The molecule has 1 amide bonds. The maximum absolute atomic E-state index is 13.6. The van der Waals surface area contributed by atoms with Crippen molar-refractivity contribution in [2.75, 3.05) is 29.9 Å². The number of unbranched alkanes of at least 4 members (excludes halogenated alkanes) is 2. The lowest BCUT2D eigenvalue weighted by atomic mass is 10.1. The van der Waals surface area contributed by atoms with Crippen molar-refractivity contribution in [3.8, 4) is 0 Å². The zero-order chi connectivity index (χ0) is 24.4. The summed E-state index contributed by atoms with van der Waals surface area (Å²) >= 11 is 5.88. The summed E-state index contributed by atoms with van der Waals surface area (Å²) in [5.41, 5.74) is 0.376. The van der Waals surface area contributed by atoms with Crippen LogP contribution < -0.4 is 10.2 Å². The third kappa shape index (κ3) is 7.42. The molecule has 10 heteroatoms. The summed E-state index contributed by atoms with van der Waals surface area (Å²) in [6.07, 6.45) is 2.76. The standard InChI is InChI=1S/C23H27ClFN3O5/c1-3-5-6-12-26-20-10-7-16(14-21(20)28(31)32)23(30)27(13-11-22(29)33-4-2)17-8-9-19(25)18(24)15-17/h7-10,14-15,26H,3-6,11-13H2,1-2H3. The van der Waals surface area contributed by atoms with Gasteiger partial charge < -0.3 is 15.0 Å². The first kappa shape index (κ1) is 26.1. The van der Waals surface area contributed by atoms with Gasteiger partial charge in [0.25, 0.3) is 11.6 Å². The number of nitrogens with zero attached hydrogens (tertiary/aromatic N) is 2. The van der Waals surface area contributed by atoms with Crippen LogP contribution in [0.2, 0.25) is 5.02 Å². The van der Waals surface area contributed by atoms with Crippen LogP contribution in [0.4, 0.5) is 21.5 Å². The van der Waals surface area contributed by atoms with Crippen molar-refractivity contribution >= 4 is 40.5 Å². The molecule has 0 spiro atoms. The van der Waals surface area contributed by atoms with E-state index in [-0.39, 0.29) is 41.5 Å². The van der Waals surface area contributed by atoms with Crippen LogP contribution in [-0.4, -0.2) is 36.5 Å². The molecule has 33 heavy (non-hydrogen) atoms. The van der Waals surface area contributed by atoms with Gasteiger partial charge in [0, 0.05) is 30.4 Å². The molecule has 2 aromatic carbocycles. The highest BCUT2D eigenvalue weighted by molar-refractivity contribution is 6.31. The van der Waals surface area contributed by atoms with E-state index in [1.807, 2.05) is 0 Å². The van der Waals surface area contributed by atoms with Crippen molar-refractivity contribution in [1.82, 2.24) is 0 Å². The van der Waals surface area contributed by atoms with Crippen molar-refractivity contribution in [2.45, 2.75) is 39.5 Å². The van der Waals surface area contributed by atoms with Gasteiger partial charge in [0.1, 0.15) is 11.5 Å². The van der Waals surface area contributed by atoms with E-state index in [1.54, 1.807) is 6.92 Å².